The SMILES string of the molecule is Cc1ccc2c(NCc3ccc(NC(=O)Nc4ccc(Cl)cc4)cc3)nc(N(C)C)nc2c1. The van der Waals surface area contributed by atoms with Crippen LogP contribution in [0.25, 0.3) is 10.9 Å². The summed E-state index contributed by atoms with van der Waals surface area (Å²) >= 11 is 5.87. The molecule has 0 fully saturated rings. The highest BCUT2D eigenvalue weighted by molar-refractivity contribution is 6.30. The molecule has 0 aliphatic carbocycles. The Morgan fingerprint density at radius 3 is 2.18 bits per heavy atom. The first-order valence-electron chi connectivity index (χ1n) is 10.5. The molecule has 3 aromatic carbocycles. The van der Waals surface area contributed by atoms with Crippen molar-refractivity contribution < 1.29 is 4.79 Å². The van der Waals surface area contributed by atoms with Crippen LogP contribution in [0.4, 0.5) is 27.9 Å². The normalized spacial score (nSPS) is 10.7. The number of aryl methyl sites for hydroxylation is 1. The number of aromatic nitrogens is 2. The molecule has 4 aromatic rings. The summed E-state index contributed by atoms with van der Waals surface area (Å²) in [7, 11) is 3.85. The summed E-state index contributed by atoms with van der Waals surface area (Å²) in [6.45, 7) is 2.64. The number of anilines is 4. The van der Waals surface area contributed by atoms with E-state index in [9.17, 15) is 4.79 Å². The highest BCUT2D eigenvalue weighted by Gasteiger charge is 2.10. The molecule has 0 unspecified atom stereocenters. The van der Waals surface area contributed by atoms with Crippen molar-refractivity contribution >= 4 is 51.7 Å². The molecule has 0 bridgehead atoms. The Labute approximate surface area is 197 Å². The number of carbonyl (C=O) groups is 1. The van der Waals surface area contributed by atoms with E-state index in [4.69, 9.17) is 11.6 Å². The minimum absolute atomic E-state index is 0.317. The van der Waals surface area contributed by atoms with E-state index in [1.807, 2.05) is 49.3 Å². The van der Waals surface area contributed by atoms with E-state index < -0.39 is 0 Å². The standard InChI is InChI=1S/C25H25ClN6O/c1-16-4-13-21-22(14-16)30-24(32(2)3)31-23(21)27-15-17-5-9-19(10-6-17)28-25(33)29-20-11-7-18(26)8-12-20/h4-14H,15H2,1-3H3,(H,27,30,31)(H2,28,29,33). The van der Waals surface area contributed by atoms with Crippen molar-refractivity contribution in [1.29, 1.82) is 0 Å². The van der Waals surface area contributed by atoms with Crippen LogP contribution in [-0.2, 0) is 6.54 Å². The first-order chi connectivity index (χ1) is 15.9. The number of rotatable bonds is 6. The lowest BCUT2D eigenvalue weighted by atomic mass is 10.1. The van der Waals surface area contributed by atoms with Gasteiger partial charge in [-0.05, 0) is 66.6 Å². The molecule has 168 valence electrons. The molecule has 0 atom stereocenters. The molecule has 0 aliphatic rings. The van der Waals surface area contributed by atoms with Gasteiger partial charge in [0.1, 0.15) is 5.82 Å². The molecule has 33 heavy (non-hydrogen) atoms. The summed E-state index contributed by atoms with van der Waals surface area (Å²) in [6.07, 6.45) is 0. The van der Waals surface area contributed by atoms with Gasteiger partial charge in [-0.25, -0.2) is 9.78 Å². The zero-order valence-corrected chi connectivity index (χ0v) is 19.4. The average Bonchev–Trinajstić information content (AvgIpc) is 2.79. The minimum Gasteiger partial charge on any atom is -0.365 e. The van der Waals surface area contributed by atoms with Gasteiger partial charge in [-0.3, -0.25) is 0 Å². The number of nitrogens with zero attached hydrogens (tertiary/aromatic N) is 3. The number of carbonyl (C=O) groups excluding carboxylic acids is 1. The van der Waals surface area contributed by atoms with Crippen LogP contribution in [0.3, 0.4) is 0 Å². The predicted molar refractivity (Wildman–Crippen MR) is 136 cm³/mol. The Balaban J connectivity index is 1.42. The van der Waals surface area contributed by atoms with E-state index in [1.54, 1.807) is 24.3 Å². The van der Waals surface area contributed by atoms with Crippen molar-refractivity contribution in [2.24, 2.45) is 0 Å². The van der Waals surface area contributed by atoms with E-state index in [0.717, 1.165) is 27.8 Å². The smallest absolute Gasteiger partial charge is 0.323 e. The van der Waals surface area contributed by atoms with Crippen molar-refractivity contribution in [2.75, 3.05) is 34.9 Å². The topological polar surface area (TPSA) is 82.2 Å². The fourth-order valence-electron chi connectivity index (χ4n) is 3.28. The Bertz CT molecular complexity index is 1270. The van der Waals surface area contributed by atoms with Crippen LogP contribution in [0.1, 0.15) is 11.1 Å². The Morgan fingerprint density at radius 2 is 1.55 bits per heavy atom. The van der Waals surface area contributed by atoms with Gasteiger partial charge in [-0.15, -0.1) is 0 Å². The minimum atomic E-state index is -0.317. The molecule has 2 amide bonds. The molecular formula is C25H25ClN6O. The maximum atomic E-state index is 12.2. The van der Waals surface area contributed by atoms with Crippen molar-refractivity contribution in [2.45, 2.75) is 13.5 Å². The fraction of sp³-hybridized carbons (Fsp3) is 0.160. The van der Waals surface area contributed by atoms with E-state index in [-0.39, 0.29) is 6.03 Å². The number of benzene rings is 3. The number of urea groups is 1. The van der Waals surface area contributed by atoms with Gasteiger partial charge in [-0.2, -0.15) is 4.98 Å². The van der Waals surface area contributed by atoms with Crippen molar-refractivity contribution in [3.63, 3.8) is 0 Å². The Hall–Kier alpha value is -3.84. The number of hydrogen-bond acceptors (Lipinski definition) is 5. The van der Waals surface area contributed by atoms with Gasteiger partial charge in [0, 0.05) is 42.4 Å². The quantitative estimate of drug-likeness (QED) is 0.333. The van der Waals surface area contributed by atoms with E-state index in [1.165, 1.54) is 0 Å². The Kier molecular flexibility index (Phi) is 6.60. The monoisotopic (exact) mass is 460 g/mol. The molecule has 1 heterocycles. The van der Waals surface area contributed by atoms with Crippen LogP contribution in [-0.4, -0.2) is 30.1 Å². The van der Waals surface area contributed by atoms with Crippen molar-refractivity contribution in [3.8, 4) is 0 Å². The van der Waals surface area contributed by atoms with Gasteiger partial charge in [0.15, 0.2) is 0 Å². The van der Waals surface area contributed by atoms with Crippen LogP contribution in [0.15, 0.2) is 66.7 Å². The summed E-state index contributed by atoms with van der Waals surface area (Å²) in [6, 6.07) is 20.4. The highest BCUT2D eigenvalue weighted by atomic mass is 35.5. The van der Waals surface area contributed by atoms with Crippen LogP contribution >= 0.6 is 11.6 Å². The van der Waals surface area contributed by atoms with Crippen molar-refractivity contribution in [3.05, 3.63) is 82.9 Å². The summed E-state index contributed by atoms with van der Waals surface area (Å²) in [5.41, 5.74) is 4.48. The number of hydrogen-bond donors (Lipinski definition) is 3. The van der Waals surface area contributed by atoms with Gasteiger partial charge in [0.25, 0.3) is 0 Å². The van der Waals surface area contributed by atoms with Gasteiger partial charge in [0.05, 0.1) is 5.52 Å². The molecule has 7 nitrogen and oxygen atoms in total. The molecule has 1 aromatic heterocycles. The summed E-state index contributed by atoms with van der Waals surface area (Å²) in [5.74, 6) is 1.44. The molecule has 8 heteroatoms. The summed E-state index contributed by atoms with van der Waals surface area (Å²) < 4.78 is 0. The fourth-order valence-corrected chi connectivity index (χ4v) is 3.41. The van der Waals surface area contributed by atoms with Crippen LogP contribution in [0.2, 0.25) is 5.02 Å². The molecule has 0 radical (unpaired) electrons. The average molecular weight is 461 g/mol. The largest absolute Gasteiger partial charge is 0.365 e. The lowest BCUT2D eigenvalue weighted by molar-refractivity contribution is 0.262. The van der Waals surface area contributed by atoms with Gasteiger partial charge >= 0.3 is 6.03 Å². The molecular weight excluding hydrogens is 436 g/mol. The Morgan fingerprint density at radius 1 is 0.909 bits per heavy atom. The van der Waals surface area contributed by atoms with E-state index in [0.29, 0.717) is 28.9 Å². The summed E-state index contributed by atoms with van der Waals surface area (Å²) in [4.78, 5) is 23.4. The third-order valence-electron chi connectivity index (χ3n) is 5.01. The number of nitrogens with one attached hydrogen (secondary N) is 3. The number of halogens is 1. The second-order valence-corrected chi connectivity index (χ2v) is 8.36. The molecule has 0 aliphatic heterocycles. The zero-order chi connectivity index (χ0) is 23.4. The van der Waals surface area contributed by atoms with Crippen LogP contribution < -0.4 is 20.9 Å². The van der Waals surface area contributed by atoms with Crippen molar-refractivity contribution in [1.82, 2.24) is 9.97 Å². The molecule has 0 saturated carbocycles. The lowest BCUT2D eigenvalue weighted by Crippen LogP contribution is -2.19. The van der Waals surface area contributed by atoms with Gasteiger partial charge in [-0.1, -0.05) is 29.8 Å². The molecule has 0 spiro atoms. The first kappa shape index (κ1) is 22.4. The third kappa shape index (κ3) is 5.70. The molecule has 4 rings (SSSR count). The molecule has 0 saturated heterocycles. The van der Waals surface area contributed by atoms with Crippen LogP contribution in [0.5, 0.6) is 0 Å². The second-order valence-electron chi connectivity index (χ2n) is 7.92. The highest BCUT2D eigenvalue weighted by Crippen LogP contribution is 2.24. The summed E-state index contributed by atoms with van der Waals surface area (Å²) in [5, 5.41) is 10.6. The van der Waals surface area contributed by atoms with Crippen LogP contribution in [0, 0.1) is 6.92 Å². The first-order valence-corrected chi connectivity index (χ1v) is 10.9. The maximum Gasteiger partial charge on any atom is 0.323 e. The molecule has 3 N–H and O–H groups in total. The number of amides is 2. The van der Waals surface area contributed by atoms with E-state index >= 15 is 0 Å². The second kappa shape index (κ2) is 9.75. The number of fused-ring (bicyclic) bond motifs is 1. The third-order valence-corrected chi connectivity index (χ3v) is 5.27. The van der Waals surface area contributed by atoms with Gasteiger partial charge < -0.3 is 20.9 Å². The maximum absolute atomic E-state index is 12.2. The predicted octanol–water partition coefficient (Wildman–Crippen LogP) is 5.91. The zero-order valence-electron chi connectivity index (χ0n) is 18.7. The van der Waals surface area contributed by atoms with Gasteiger partial charge in [0.2, 0.25) is 5.95 Å². The lowest BCUT2D eigenvalue weighted by Gasteiger charge is -2.15. The van der Waals surface area contributed by atoms with E-state index in [2.05, 4.69) is 45.0 Å².